The Morgan fingerprint density at radius 2 is 1.85 bits per heavy atom. The number of aromatic nitrogens is 2. The summed E-state index contributed by atoms with van der Waals surface area (Å²) >= 11 is 12.0. The van der Waals surface area contributed by atoms with E-state index in [4.69, 9.17) is 28.3 Å². The predicted octanol–water partition coefficient (Wildman–Crippen LogP) is 2.79. The van der Waals surface area contributed by atoms with E-state index in [2.05, 4.69) is 10.00 Å². The van der Waals surface area contributed by atoms with E-state index in [0.29, 0.717) is 23.1 Å². The third-order valence-electron chi connectivity index (χ3n) is 4.63. The van der Waals surface area contributed by atoms with Gasteiger partial charge in [-0.3, -0.25) is 14.4 Å². The van der Waals surface area contributed by atoms with Crippen molar-refractivity contribution in [2.45, 2.75) is 19.5 Å². The van der Waals surface area contributed by atoms with E-state index in [1.165, 1.54) is 17.8 Å². The molecule has 1 aliphatic rings. The molecule has 1 saturated heterocycles. The monoisotopic (exact) mass is 410 g/mol. The smallest absolute Gasteiger partial charge is 0.328 e. The minimum atomic E-state index is -0.993. The van der Waals surface area contributed by atoms with Crippen LogP contribution < -0.4 is 0 Å². The first kappa shape index (κ1) is 19.7. The van der Waals surface area contributed by atoms with Gasteiger partial charge in [0.05, 0.1) is 10.0 Å². The van der Waals surface area contributed by atoms with Gasteiger partial charge < -0.3 is 10.0 Å². The number of benzene rings is 1. The molecule has 0 radical (unpaired) electrons. The molecule has 0 aliphatic carbocycles. The van der Waals surface area contributed by atoms with Crippen molar-refractivity contribution < 1.29 is 14.7 Å². The van der Waals surface area contributed by atoms with Crippen LogP contribution in [0.15, 0.2) is 30.5 Å². The van der Waals surface area contributed by atoms with Crippen LogP contribution in [0.2, 0.25) is 10.0 Å². The highest BCUT2D eigenvalue weighted by Gasteiger charge is 2.25. The third-order valence-corrected chi connectivity index (χ3v) is 5.37. The zero-order valence-corrected chi connectivity index (χ0v) is 16.3. The van der Waals surface area contributed by atoms with Crippen LogP contribution in [0.5, 0.6) is 0 Å². The molecule has 1 aromatic heterocycles. The van der Waals surface area contributed by atoms with Crippen molar-refractivity contribution in [3.05, 3.63) is 51.8 Å². The van der Waals surface area contributed by atoms with Gasteiger partial charge in [-0.1, -0.05) is 29.3 Å². The Hall–Kier alpha value is -2.09. The number of hydrogen-bond acceptors (Lipinski definition) is 4. The van der Waals surface area contributed by atoms with Gasteiger partial charge in [-0.25, -0.2) is 4.79 Å². The largest absolute Gasteiger partial charge is 0.480 e. The fourth-order valence-corrected chi connectivity index (χ4v) is 3.27. The lowest BCUT2D eigenvalue weighted by molar-refractivity contribution is -0.140. The second-order valence-electron chi connectivity index (χ2n) is 6.51. The molecule has 1 aliphatic heterocycles. The highest BCUT2D eigenvalue weighted by Crippen LogP contribution is 2.23. The maximum atomic E-state index is 12.6. The molecule has 2 aromatic rings. The molecule has 1 aromatic carbocycles. The molecule has 1 N–H and O–H groups in total. The Bertz CT molecular complexity index is 847. The Kier molecular flexibility index (Phi) is 6.04. The summed E-state index contributed by atoms with van der Waals surface area (Å²) in [4.78, 5) is 27.6. The van der Waals surface area contributed by atoms with Crippen molar-refractivity contribution in [1.29, 1.82) is 0 Å². The van der Waals surface area contributed by atoms with Crippen LogP contribution in [0.1, 0.15) is 29.0 Å². The second kappa shape index (κ2) is 8.29. The number of amides is 1. The van der Waals surface area contributed by atoms with Crippen LogP contribution in [0, 0.1) is 0 Å². The number of nitrogens with zero attached hydrogens (tertiary/aromatic N) is 4. The first-order valence-corrected chi connectivity index (χ1v) is 9.34. The van der Waals surface area contributed by atoms with E-state index in [0.717, 1.165) is 25.2 Å². The molecule has 2 heterocycles. The summed E-state index contributed by atoms with van der Waals surface area (Å²) < 4.78 is 1.29. The minimum absolute atomic E-state index is 0.180. The molecular formula is C18H20Cl2N4O3. The van der Waals surface area contributed by atoms with Gasteiger partial charge in [0.25, 0.3) is 5.91 Å². The van der Waals surface area contributed by atoms with E-state index in [-0.39, 0.29) is 11.6 Å². The Morgan fingerprint density at radius 1 is 1.15 bits per heavy atom. The summed E-state index contributed by atoms with van der Waals surface area (Å²) in [6.45, 7) is 4.90. The molecule has 3 rings (SSSR count). The van der Waals surface area contributed by atoms with Crippen LogP contribution in [0.25, 0.3) is 0 Å². The second-order valence-corrected chi connectivity index (χ2v) is 7.33. The molecule has 1 atom stereocenters. The highest BCUT2D eigenvalue weighted by molar-refractivity contribution is 6.42. The summed E-state index contributed by atoms with van der Waals surface area (Å²) in [5.41, 5.74) is 1.34. The Morgan fingerprint density at radius 3 is 2.48 bits per heavy atom. The SMILES string of the molecule is CC(C(=O)O)n1ccc(C(=O)N2CCN(Cc3ccc(Cl)c(Cl)c3)CC2)n1. The van der Waals surface area contributed by atoms with E-state index in [1.807, 2.05) is 12.1 Å². The van der Waals surface area contributed by atoms with Crippen LogP contribution in [-0.2, 0) is 11.3 Å². The molecule has 0 spiro atoms. The first-order valence-electron chi connectivity index (χ1n) is 8.58. The van der Waals surface area contributed by atoms with E-state index in [9.17, 15) is 9.59 Å². The molecule has 1 fully saturated rings. The van der Waals surface area contributed by atoms with Gasteiger partial charge in [0.1, 0.15) is 11.7 Å². The number of carbonyl (C=O) groups excluding carboxylic acids is 1. The fraction of sp³-hybridized carbons (Fsp3) is 0.389. The predicted molar refractivity (Wildman–Crippen MR) is 102 cm³/mol. The minimum Gasteiger partial charge on any atom is -0.480 e. The van der Waals surface area contributed by atoms with Crippen molar-refractivity contribution in [3.8, 4) is 0 Å². The van der Waals surface area contributed by atoms with Crippen LogP contribution >= 0.6 is 23.2 Å². The van der Waals surface area contributed by atoms with E-state index >= 15 is 0 Å². The quantitative estimate of drug-likeness (QED) is 0.819. The summed E-state index contributed by atoms with van der Waals surface area (Å²) in [5, 5.41) is 14.2. The van der Waals surface area contributed by atoms with Gasteiger partial charge in [0, 0.05) is 38.9 Å². The van der Waals surface area contributed by atoms with Crippen molar-refractivity contribution in [2.24, 2.45) is 0 Å². The maximum Gasteiger partial charge on any atom is 0.328 e. The van der Waals surface area contributed by atoms with Crippen molar-refractivity contribution >= 4 is 35.1 Å². The Balaban J connectivity index is 1.56. The zero-order valence-electron chi connectivity index (χ0n) is 14.8. The molecule has 1 unspecified atom stereocenters. The van der Waals surface area contributed by atoms with Gasteiger partial charge in [-0.05, 0) is 30.7 Å². The van der Waals surface area contributed by atoms with E-state index in [1.54, 1.807) is 17.0 Å². The third kappa shape index (κ3) is 4.61. The first-order chi connectivity index (χ1) is 12.8. The fourth-order valence-electron chi connectivity index (χ4n) is 2.95. The molecule has 144 valence electrons. The van der Waals surface area contributed by atoms with Crippen molar-refractivity contribution in [2.75, 3.05) is 26.2 Å². The summed E-state index contributed by atoms with van der Waals surface area (Å²) in [6.07, 6.45) is 1.52. The standard InChI is InChI=1S/C18H20Cl2N4O3/c1-12(18(26)27)24-5-4-16(21-24)17(25)23-8-6-22(7-9-23)11-13-2-3-14(19)15(20)10-13/h2-5,10,12H,6-9,11H2,1H3,(H,26,27). The summed E-state index contributed by atoms with van der Waals surface area (Å²) in [6, 6.07) is 6.34. The lowest BCUT2D eigenvalue weighted by atomic mass is 10.2. The van der Waals surface area contributed by atoms with Gasteiger partial charge >= 0.3 is 5.97 Å². The van der Waals surface area contributed by atoms with Gasteiger partial charge in [-0.2, -0.15) is 5.10 Å². The lowest BCUT2D eigenvalue weighted by Crippen LogP contribution is -2.48. The Labute approximate surface area is 167 Å². The molecule has 0 saturated carbocycles. The topological polar surface area (TPSA) is 78.7 Å². The number of carboxylic acids is 1. The lowest BCUT2D eigenvalue weighted by Gasteiger charge is -2.34. The summed E-state index contributed by atoms with van der Waals surface area (Å²) in [7, 11) is 0. The van der Waals surface area contributed by atoms with Crippen molar-refractivity contribution in [3.63, 3.8) is 0 Å². The van der Waals surface area contributed by atoms with Gasteiger partial charge in [0.15, 0.2) is 0 Å². The molecular weight excluding hydrogens is 391 g/mol. The highest BCUT2D eigenvalue weighted by atomic mass is 35.5. The summed E-state index contributed by atoms with van der Waals surface area (Å²) in [5.74, 6) is -1.17. The molecule has 27 heavy (non-hydrogen) atoms. The molecule has 7 nitrogen and oxygen atoms in total. The zero-order chi connectivity index (χ0) is 19.6. The van der Waals surface area contributed by atoms with Crippen LogP contribution in [0.4, 0.5) is 0 Å². The number of hydrogen-bond donors (Lipinski definition) is 1. The molecule has 1 amide bonds. The number of carbonyl (C=O) groups is 2. The normalized spacial score (nSPS) is 16.3. The number of rotatable bonds is 5. The number of carboxylic acid groups (broad SMARTS) is 1. The average molecular weight is 411 g/mol. The average Bonchev–Trinajstić information content (AvgIpc) is 3.14. The number of piperazine rings is 1. The van der Waals surface area contributed by atoms with Gasteiger partial charge in [0.2, 0.25) is 0 Å². The van der Waals surface area contributed by atoms with Crippen molar-refractivity contribution in [1.82, 2.24) is 19.6 Å². The van der Waals surface area contributed by atoms with Crippen LogP contribution in [0.3, 0.4) is 0 Å². The van der Waals surface area contributed by atoms with Crippen LogP contribution in [-0.4, -0.2) is 62.7 Å². The van der Waals surface area contributed by atoms with E-state index < -0.39 is 12.0 Å². The maximum absolute atomic E-state index is 12.6. The molecule has 9 heteroatoms. The molecule has 0 bridgehead atoms. The number of halogens is 2. The van der Waals surface area contributed by atoms with Gasteiger partial charge in [-0.15, -0.1) is 0 Å². The number of aliphatic carboxylic acids is 1.